The van der Waals surface area contributed by atoms with Crippen molar-refractivity contribution in [3.8, 4) is 0 Å². The molecular weight excluding hydrogens is 427 g/mol. The molecule has 1 aromatic heterocycles. The number of carboxylic acids is 1. The monoisotopic (exact) mass is 455 g/mol. The number of carbonyl (C=O) groups is 1. The molecule has 0 bridgehead atoms. The van der Waals surface area contributed by atoms with Crippen molar-refractivity contribution >= 4 is 19.7 Å². The van der Waals surface area contributed by atoms with Crippen molar-refractivity contribution < 1.29 is 37.7 Å². The van der Waals surface area contributed by atoms with Gasteiger partial charge >= 0.3 is 12.1 Å². The predicted molar refractivity (Wildman–Crippen MR) is 105 cm³/mol. The van der Waals surface area contributed by atoms with Crippen molar-refractivity contribution in [2.45, 2.75) is 57.7 Å². The maximum absolute atomic E-state index is 13.5. The largest absolute Gasteiger partial charge is 0.479 e. The van der Waals surface area contributed by atoms with Crippen LogP contribution in [0.5, 0.6) is 0 Å². The van der Waals surface area contributed by atoms with E-state index in [1.165, 1.54) is 6.92 Å². The Morgan fingerprint density at radius 2 is 1.93 bits per heavy atom. The van der Waals surface area contributed by atoms with Crippen LogP contribution in [0.3, 0.4) is 0 Å². The fourth-order valence-electron chi connectivity index (χ4n) is 2.23. The number of anilines is 1. The Kier molecular flexibility index (Phi) is 9.46. The van der Waals surface area contributed by atoms with Gasteiger partial charge in [0.05, 0.1) is 25.1 Å². The lowest BCUT2D eigenvalue weighted by atomic mass is 10.2. The number of ether oxygens (including phenoxy) is 2. The van der Waals surface area contributed by atoms with E-state index >= 15 is 0 Å². The van der Waals surface area contributed by atoms with E-state index in [1.807, 2.05) is 0 Å². The van der Waals surface area contributed by atoms with Crippen LogP contribution in [0.25, 0.3) is 0 Å². The molecule has 0 aliphatic rings. The second-order valence-electron chi connectivity index (χ2n) is 8.02. The van der Waals surface area contributed by atoms with E-state index in [-0.39, 0.29) is 6.61 Å². The fourth-order valence-corrected chi connectivity index (χ4v) is 2.98. The van der Waals surface area contributed by atoms with E-state index in [9.17, 15) is 22.8 Å². The molecule has 0 spiro atoms. The van der Waals surface area contributed by atoms with E-state index < -0.39 is 62.5 Å². The van der Waals surface area contributed by atoms with Gasteiger partial charge in [0.1, 0.15) is 12.3 Å². The SMILES string of the molecule is CC(COCC(O)C(=O)O)Nc1cnn(COCC[Si](C)(C)C)c(=O)c1C(F)(F)F. The number of aliphatic hydroxyl groups is 1. The van der Waals surface area contributed by atoms with Crippen LogP contribution in [0, 0.1) is 0 Å². The standard InChI is InChI=1S/C17H28F3N3O6Si/c1-11(8-29-9-13(24)16(26)27)22-12-7-21-23(10-28-5-6-30(2,3)4)15(25)14(12)17(18,19)20/h7,11,13,22,24H,5-6,8-10H2,1-4H3,(H,26,27). The summed E-state index contributed by atoms with van der Waals surface area (Å²) in [5, 5.41) is 23.9. The summed E-state index contributed by atoms with van der Waals surface area (Å²) in [7, 11) is -1.38. The molecule has 1 rings (SSSR count). The first-order valence-electron chi connectivity index (χ1n) is 9.22. The van der Waals surface area contributed by atoms with Gasteiger partial charge in [-0.15, -0.1) is 0 Å². The van der Waals surface area contributed by atoms with E-state index in [2.05, 4.69) is 30.1 Å². The number of alkyl halides is 3. The van der Waals surface area contributed by atoms with E-state index in [0.717, 1.165) is 12.2 Å². The number of halogens is 3. The zero-order valence-electron chi connectivity index (χ0n) is 17.3. The molecule has 30 heavy (non-hydrogen) atoms. The topological polar surface area (TPSA) is 123 Å². The average Bonchev–Trinajstić information content (AvgIpc) is 2.58. The number of rotatable bonds is 12. The van der Waals surface area contributed by atoms with E-state index in [4.69, 9.17) is 19.7 Å². The third-order valence-electron chi connectivity index (χ3n) is 3.87. The number of aromatic nitrogens is 2. The Morgan fingerprint density at radius 3 is 2.47 bits per heavy atom. The minimum Gasteiger partial charge on any atom is -0.479 e. The maximum Gasteiger partial charge on any atom is 0.423 e. The minimum atomic E-state index is -4.93. The van der Waals surface area contributed by atoms with Crippen LogP contribution >= 0.6 is 0 Å². The summed E-state index contributed by atoms with van der Waals surface area (Å²) in [5.74, 6) is -1.48. The Morgan fingerprint density at radius 1 is 1.30 bits per heavy atom. The van der Waals surface area contributed by atoms with Gasteiger partial charge in [0.15, 0.2) is 6.10 Å². The third kappa shape index (κ3) is 8.81. The van der Waals surface area contributed by atoms with Crippen LogP contribution in [-0.2, 0) is 27.2 Å². The predicted octanol–water partition coefficient (Wildman–Crippen LogP) is 1.84. The van der Waals surface area contributed by atoms with Gasteiger partial charge in [0, 0.05) is 20.7 Å². The van der Waals surface area contributed by atoms with Gasteiger partial charge < -0.3 is 25.0 Å². The summed E-state index contributed by atoms with van der Waals surface area (Å²) < 4.78 is 51.4. The molecular formula is C17H28F3N3O6Si. The van der Waals surface area contributed by atoms with Crippen molar-refractivity contribution in [3.05, 3.63) is 22.1 Å². The van der Waals surface area contributed by atoms with Gasteiger partial charge in [-0.3, -0.25) is 4.79 Å². The lowest BCUT2D eigenvalue weighted by molar-refractivity contribution is -0.150. The highest BCUT2D eigenvalue weighted by atomic mass is 28.3. The van der Waals surface area contributed by atoms with Crippen LogP contribution in [-0.4, -0.2) is 66.0 Å². The Bertz CT molecular complexity index is 767. The van der Waals surface area contributed by atoms with Crippen LogP contribution in [0.2, 0.25) is 25.7 Å². The Labute approximate surface area is 172 Å². The number of hydrogen-bond acceptors (Lipinski definition) is 7. The smallest absolute Gasteiger partial charge is 0.423 e. The fraction of sp³-hybridized carbons (Fsp3) is 0.706. The van der Waals surface area contributed by atoms with Crippen molar-refractivity contribution in [2.75, 3.05) is 25.1 Å². The molecule has 2 atom stereocenters. The first-order valence-corrected chi connectivity index (χ1v) is 12.9. The molecule has 0 amide bonds. The third-order valence-corrected chi connectivity index (χ3v) is 5.57. The quantitative estimate of drug-likeness (QED) is 0.322. The van der Waals surface area contributed by atoms with Gasteiger partial charge in [0.25, 0.3) is 5.56 Å². The Balaban J connectivity index is 2.85. The molecule has 0 fully saturated rings. The zero-order valence-corrected chi connectivity index (χ0v) is 18.3. The minimum absolute atomic E-state index is 0.204. The van der Waals surface area contributed by atoms with Crippen molar-refractivity contribution in [2.24, 2.45) is 0 Å². The van der Waals surface area contributed by atoms with Gasteiger partial charge in [-0.25, -0.2) is 9.48 Å². The molecule has 2 unspecified atom stereocenters. The number of carboxylic acid groups (broad SMARTS) is 1. The molecule has 9 nitrogen and oxygen atoms in total. The summed E-state index contributed by atoms with van der Waals surface area (Å²) in [6, 6.07) is 0.0684. The lowest BCUT2D eigenvalue weighted by Crippen LogP contribution is -2.35. The van der Waals surface area contributed by atoms with Crippen LogP contribution < -0.4 is 10.9 Å². The molecule has 0 saturated heterocycles. The zero-order chi connectivity index (χ0) is 23.1. The highest BCUT2D eigenvalue weighted by Gasteiger charge is 2.38. The molecule has 0 aromatic carbocycles. The van der Waals surface area contributed by atoms with Gasteiger partial charge in [-0.1, -0.05) is 19.6 Å². The molecule has 0 radical (unpaired) electrons. The highest BCUT2D eigenvalue weighted by molar-refractivity contribution is 6.76. The van der Waals surface area contributed by atoms with Gasteiger partial charge in [0.2, 0.25) is 0 Å². The van der Waals surface area contributed by atoms with Gasteiger partial charge in [-0.2, -0.15) is 18.3 Å². The first kappa shape index (κ1) is 26.1. The number of hydrogen-bond donors (Lipinski definition) is 3. The van der Waals surface area contributed by atoms with E-state index in [1.54, 1.807) is 0 Å². The molecule has 172 valence electrons. The Hall–Kier alpha value is -1.96. The summed E-state index contributed by atoms with van der Waals surface area (Å²) in [5.41, 5.74) is -3.28. The summed E-state index contributed by atoms with van der Waals surface area (Å²) in [6.07, 6.45) is -5.79. The summed E-state index contributed by atoms with van der Waals surface area (Å²) in [4.78, 5) is 22.8. The number of nitrogens with zero attached hydrogens (tertiary/aromatic N) is 2. The van der Waals surface area contributed by atoms with Crippen LogP contribution in [0.1, 0.15) is 12.5 Å². The van der Waals surface area contributed by atoms with Crippen LogP contribution in [0.4, 0.5) is 18.9 Å². The number of aliphatic carboxylic acids is 1. The maximum atomic E-state index is 13.5. The highest BCUT2D eigenvalue weighted by Crippen LogP contribution is 2.32. The molecule has 13 heteroatoms. The number of nitrogens with one attached hydrogen (secondary N) is 1. The molecule has 1 aromatic rings. The normalized spacial score (nSPS) is 14.4. The lowest BCUT2D eigenvalue weighted by Gasteiger charge is -2.20. The second kappa shape index (κ2) is 10.9. The van der Waals surface area contributed by atoms with Crippen molar-refractivity contribution in [1.82, 2.24) is 9.78 Å². The van der Waals surface area contributed by atoms with Gasteiger partial charge in [-0.05, 0) is 13.0 Å². The molecule has 0 aliphatic heterocycles. The summed E-state index contributed by atoms with van der Waals surface area (Å²) >= 11 is 0. The second-order valence-corrected chi connectivity index (χ2v) is 13.6. The van der Waals surface area contributed by atoms with E-state index in [0.29, 0.717) is 11.3 Å². The average molecular weight is 456 g/mol. The number of aliphatic hydroxyl groups excluding tert-OH is 1. The summed E-state index contributed by atoms with van der Waals surface area (Å²) in [6.45, 7) is 7.04. The first-order chi connectivity index (χ1) is 13.7. The molecule has 1 heterocycles. The molecule has 3 N–H and O–H groups in total. The van der Waals surface area contributed by atoms with Crippen molar-refractivity contribution in [1.29, 1.82) is 0 Å². The molecule has 0 aliphatic carbocycles. The molecule has 0 saturated carbocycles. The van der Waals surface area contributed by atoms with Crippen LogP contribution in [0.15, 0.2) is 11.0 Å². The van der Waals surface area contributed by atoms with Crippen molar-refractivity contribution in [3.63, 3.8) is 0 Å².